The second-order valence-electron chi connectivity index (χ2n) is 8.73. The zero-order chi connectivity index (χ0) is 24.3. The molecule has 180 valence electrons. The molecule has 0 atom stereocenters. The van der Waals surface area contributed by atoms with E-state index < -0.39 is 12.0 Å². The average Bonchev–Trinajstić information content (AvgIpc) is 2.79. The first kappa shape index (κ1) is 24.6. The number of nitrogens with zero attached hydrogens (tertiary/aromatic N) is 2. The highest BCUT2D eigenvalue weighted by molar-refractivity contribution is 5.87. The van der Waals surface area contributed by atoms with Crippen LogP contribution in [0.4, 0.5) is 20.3 Å². The summed E-state index contributed by atoms with van der Waals surface area (Å²) in [6, 6.07) is 4.66. The minimum absolute atomic E-state index is 0.114. The van der Waals surface area contributed by atoms with Gasteiger partial charge in [0.2, 0.25) is 0 Å². The molecule has 1 aliphatic rings. The molecule has 1 aromatic heterocycles. The van der Waals surface area contributed by atoms with Gasteiger partial charge in [0.05, 0.1) is 25.4 Å². The molecule has 2 heterocycles. The van der Waals surface area contributed by atoms with Crippen molar-refractivity contribution >= 4 is 17.1 Å². The summed E-state index contributed by atoms with van der Waals surface area (Å²) in [5.41, 5.74) is 12.9. The first-order chi connectivity index (χ1) is 15.6. The molecule has 0 spiro atoms. The van der Waals surface area contributed by atoms with Crippen LogP contribution in [0.5, 0.6) is 11.5 Å². The molecule has 0 saturated carbocycles. The Morgan fingerprint density at radius 1 is 1.18 bits per heavy atom. The molecular weight excluding hydrogens is 430 g/mol. The van der Waals surface area contributed by atoms with Gasteiger partial charge in [0.15, 0.2) is 11.5 Å². The van der Waals surface area contributed by atoms with Gasteiger partial charge in [0.1, 0.15) is 5.82 Å². The molecule has 1 aromatic carbocycles. The Labute approximate surface area is 193 Å². The third-order valence-corrected chi connectivity index (χ3v) is 6.25. The maximum atomic E-state index is 14.1. The highest BCUT2D eigenvalue weighted by Gasteiger charge is 2.32. The lowest BCUT2D eigenvalue weighted by molar-refractivity contribution is 0.00638. The first-order valence-electron chi connectivity index (χ1n) is 10.8. The van der Waals surface area contributed by atoms with Crippen molar-refractivity contribution in [1.29, 1.82) is 0 Å². The highest BCUT2D eigenvalue weighted by atomic mass is 19.3. The van der Waals surface area contributed by atoms with Gasteiger partial charge in [-0.3, -0.25) is 0 Å². The van der Waals surface area contributed by atoms with Gasteiger partial charge in [0.25, 0.3) is 6.43 Å². The fraction of sp³-hybridized carbons (Fsp3) is 0.458. The maximum Gasteiger partial charge on any atom is 0.267 e. The number of rotatable bonds is 7. The Balaban J connectivity index is 1.96. The van der Waals surface area contributed by atoms with E-state index >= 15 is 0 Å². The molecular formula is C24H32F2N4O3. The van der Waals surface area contributed by atoms with Crippen molar-refractivity contribution < 1.29 is 23.4 Å². The number of benzene rings is 1. The summed E-state index contributed by atoms with van der Waals surface area (Å²) in [7, 11) is 2.99. The Hall–Kier alpha value is -3.07. The van der Waals surface area contributed by atoms with Gasteiger partial charge in [-0.2, -0.15) is 0 Å². The van der Waals surface area contributed by atoms with E-state index in [2.05, 4.69) is 4.98 Å². The quantitative estimate of drug-likeness (QED) is 0.535. The number of halogens is 2. The van der Waals surface area contributed by atoms with E-state index in [9.17, 15) is 13.9 Å². The van der Waals surface area contributed by atoms with Crippen molar-refractivity contribution in [3.8, 4) is 11.5 Å². The molecule has 3 rings (SSSR count). The summed E-state index contributed by atoms with van der Waals surface area (Å²) in [6.07, 6.45) is 1.52. The summed E-state index contributed by atoms with van der Waals surface area (Å²) in [6.45, 7) is 4.66. The van der Waals surface area contributed by atoms with Crippen LogP contribution in [0.1, 0.15) is 49.8 Å². The van der Waals surface area contributed by atoms with Crippen LogP contribution in [0.15, 0.2) is 30.6 Å². The van der Waals surface area contributed by atoms with Crippen LogP contribution < -0.4 is 25.8 Å². The number of piperidine rings is 1. The van der Waals surface area contributed by atoms with Gasteiger partial charge < -0.3 is 30.9 Å². The summed E-state index contributed by atoms with van der Waals surface area (Å²) >= 11 is 0. The summed E-state index contributed by atoms with van der Waals surface area (Å²) in [4.78, 5) is 6.25. The summed E-state index contributed by atoms with van der Waals surface area (Å²) in [5.74, 6) is 1.25. The van der Waals surface area contributed by atoms with Crippen molar-refractivity contribution in [2.75, 3.05) is 37.9 Å². The number of aromatic nitrogens is 1. The van der Waals surface area contributed by atoms with Crippen molar-refractivity contribution in [3.63, 3.8) is 0 Å². The predicted octanol–water partition coefficient (Wildman–Crippen LogP) is 3.95. The van der Waals surface area contributed by atoms with E-state index in [0.717, 1.165) is 0 Å². The molecule has 1 saturated heterocycles. The molecule has 1 fully saturated rings. The number of pyridine rings is 1. The fourth-order valence-electron chi connectivity index (χ4n) is 4.31. The summed E-state index contributed by atoms with van der Waals surface area (Å²) in [5, 5.41) is 10.3. The lowest BCUT2D eigenvalue weighted by Gasteiger charge is -2.38. The van der Waals surface area contributed by atoms with E-state index in [1.54, 1.807) is 26.0 Å². The molecule has 0 amide bonds. The zero-order valence-corrected chi connectivity index (χ0v) is 19.4. The normalized spacial score (nSPS) is 15.8. The van der Waals surface area contributed by atoms with E-state index in [1.165, 1.54) is 32.7 Å². The maximum absolute atomic E-state index is 14.1. The number of hydrogen-bond acceptors (Lipinski definition) is 7. The van der Waals surface area contributed by atoms with Crippen LogP contribution in [0.2, 0.25) is 0 Å². The van der Waals surface area contributed by atoms with Gasteiger partial charge in [-0.1, -0.05) is 0 Å². The minimum atomic E-state index is -2.72. The lowest BCUT2D eigenvalue weighted by Crippen LogP contribution is -2.42. The van der Waals surface area contributed by atoms with Crippen LogP contribution >= 0.6 is 0 Å². The van der Waals surface area contributed by atoms with Gasteiger partial charge in [-0.25, -0.2) is 13.8 Å². The number of aliphatic hydroxyl groups is 1. The minimum Gasteiger partial charge on any atom is -0.493 e. The standard InChI is InChI=1S/C24H32F2N4O3/c1-24(2,31)15-5-7-30(8-6-15)23-17(22(25)26)9-14(13-29-23)18(12-27)16-10-20(32-3)21(33-4)11-19(16)28/h9-13,15,22,31H,5-8,27-28H2,1-4H3/b18-12-. The summed E-state index contributed by atoms with van der Waals surface area (Å²) < 4.78 is 38.8. The highest BCUT2D eigenvalue weighted by Crippen LogP contribution is 2.39. The number of hydrogen-bond donors (Lipinski definition) is 3. The number of nitrogen functional groups attached to an aromatic ring is 1. The second-order valence-corrected chi connectivity index (χ2v) is 8.73. The molecule has 0 aliphatic carbocycles. The van der Waals surface area contributed by atoms with Crippen LogP contribution in [0.3, 0.4) is 0 Å². The van der Waals surface area contributed by atoms with Crippen molar-refractivity contribution in [2.45, 2.75) is 38.7 Å². The molecule has 0 bridgehead atoms. The molecule has 33 heavy (non-hydrogen) atoms. The number of methoxy groups -OCH3 is 2. The molecule has 0 radical (unpaired) electrons. The molecule has 7 nitrogen and oxygen atoms in total. The predicted molar refractivity (Wildman–Crippen MR) is 126 cm³/mol. The van der Waals surface area contributed by atoms with Crippen molar-refractivity contribution in [1.82, 2.24) is 4.98 Å². The van der Waals surface area contributed by atoms with Gasteiger partial charge in [-0.15, -0.1) is 0 Å². The number of ether oxygens (including phenoxy) is 2. The fourth-order valence-corrected chi connectivity index (χ4v) is 4.31. The van der Waals surface area contributed by atoms with Crippen LogP contribution in [-0.2, 0) is 0 Å². The molecule has 1 aliphatic heterocycles. The number of alkyl halides is 2. The smallest absolute Gasteiger partial charge is 0.267 e. The van der Waals surface area contributed by atoms with Crippen LogP contribution in [0.25, 0.3) is 5.57 Å². The number of anilines is 2. The van der Waals surface area contributed by atoms with E-state index in [1.807, 2.05) is 4.90 Å². The largest absolute Gasteiger partial charge is 0.493 e. The SMILES string of the molecule is COc1cc(N)c(/C(=C\N)c2cnc(N3CCC(C(C)(C)O)CC3)c(C(F)F)c2)cc1OC. The molecule has 9 heteroatoms. The van der Waals surface area contributed by atoms with E-state index in [4.69, 9.17) is 20.9 Å². The number of nitrogens with two attached hydrogens (primary N) is 2. The third-order valence-electron chi connectivity index (χ3n) is 6.25. The Morgan fingerprint density at radius 3 is 2.30 bits per heavy atom. The Kier molecular flexibility index (Phi) is 7.31. The van der Waals surface area contributed by atoms with Crippen LogP contribution in [-0.4, -0.2) is 43.0 Å². The monoisotopic (exact) mass is 462 g/mol. The van der Waals surface area contributed by atoms with Crippen molar-refractivity contribution in [2.24, 2.45) is 11.7 Å². The van der Waals surface area contributed by atoms with Crippen LogP contribution in [0, 0.1) is 5.92 Å². The molecule has 0 unspecified atom stereocenters. The Morgan fingerprint density at radius 2 is 1.79 bits per heavy atom. The average molecular weight is 463 g/mol. The lowest BCUT2D eigenvalue weighted by atomic mass is 9.83. The van der Waals surface area contributed by atoms with E-state index in [0.29, 0.717) is 59.8 Å². The topological polar surface area (TPSA) is 107 Å². The van der Waals surface area contributed by atoms with Crippen molar-refractivity contribution in [3.05, 3.63) is 47.3 Å². The second kappa shape index (κ2) is 9.82. The third kappa shape index (κ3) is 5.13. The Bertz CT molecular complexity index is 1010. The first-order valence-corrected chi connectivity index (χ1v) is 10.8. The zero-order valence-electron chi connectivity index (χ0n) is 19.4. The van der Waals surface area contributed by atoms with Gasteiger partial charge in [0, 0.05) is 53.9 Å². The molecule has 2 aromatic rings. The van der Waals surface area contributed by atoms with Gasteiger partial charge >= 0.3 is 0 Å². The van der Waals surface area contributed by atoms with E-state index in [-0.39, 0.29) is 17.3 Å². The molecule has 5 N–H and O–H groups in total. The van der Waals surface area contributed by atoms with Gasteiger partial charge in [-0.05, 0) is 44.7 Å².